The molecule has 0 atom stereocenters. The molecule has 4 N–H and O–H groups in total. The number of carbonyl (C=O) groups excluding carboxylic acids is 2. The number of phenols is 4. The zero-order valence-electron chi connectivity index (χ0n) is 9.91. The van der Waals surface area contributed by atoms with Crippen molar-refractivity contribution >= 4 is 11.6 Å². The average molecular weight is 272 g/mol. The maximum atomic E-state index is 12.3. The minimum atomic E-state index is -0.710. The standard InChI is InChI=1S/C14H8O6/c15-5-1-7-11(9(17)3-5)14(20)8-2-6(16)4-10(18)12(8)13(7)19/h1-4,15-18H. The number of fused-ring (bicyclic) bond motifs is 2. The van der Waals surface area contributed by atoms with Gasteiger partial charge in [-0.25, -0.2) is 0 Å². The van der Waals surface area contributed by atoms with E-state index in [0.29, 0.717) is 0 Å². The first-order chi connectivity index (χ1) is 9.40. The average Bonchev–Trinajstić information content (AvgIpc) is 2.34. The van der Waals surface area contributed by atoms with Crippen molar-refractivity contribution in [1.29, 1.82) is 0 Å². The highest BCUT2D eigenvalue weighted by molar-refractivity contribution is 6.30. The van der Waals surface area contributed by atoms with Crippen molar-refractivity contribution in [2.45, 2.75) is 0 Å². The molecular formula is C14H8O6. The Balaban J connectivity index is 2.40. The molecule has 0 unspecified atom stereocenters. The van der Waals surface area contributed by atoms with Crippen LogP contribution in [0.3, 0.4) is 0 Å². The minimum Gasteiger partial charge on any atom is -0.508 e. The zero-order chi connectivity index (χ0) is 14.6. The van der Waals surface area contributed by atoms with Crippen molar-refractivity contribution in [3.8, 4) is 23.0 Å². The molecule has 1 aliphatic rings. The Hall–Kier alpha value is -3.02. The lowest BCUT2D eigenvalue weighted by Gasteiger charge is -2.19. The van der Waals surface area contributed by atoms with Crippen molar-refractivity contribution in [1.82, 2.24) is 0 Å². The van der Waals surface area contributed by atoms with E-state index in [0.717, 1.165) is 24.3 Å². The van der Waals surface area contributed by atoms with E-state index in [2.05, 4.69) is 0 Å². The number of ketones is 2. The van der Waals surface area contributed by atoms with Crippen LogP contribution in [0.4, 0.5) is 0 Å². The first kappa shape index (κ1) is 12.0. The molecule has 0 amide bonds. The Morgan fingerprint density at radius 2 is 0.950 bits per heavy atom. The molecule has 2 aromatic carbocycles. The number of carbonyl (C=O) groups is 2. The summed E-state index contributed by atoms with van der Waals surface area (Å²) in [6, 6.07) is 3.98. The molecule has 100 valence electrons. The summed E-state index contributed by atoms with van der Waals surface area (Å²) in [5.74, 6) is -3.23. The molecule has 0 saturated carbocycles. The first-order valence-corrected chi connectivity index (χ1v) is 5.61. The van der Waals surface area contributed by atoms with Gasteiger partial charge in [-0.3, -0.25) is 9.59 Å². The number of rotatable bonds is 0. The number of aromatic hydroxyl groups is 4. The number of hydrogen-bond acceptors (Lipinski definition) is 6. The Kier molecular flexibility index (Phi) is 2.25. The summed E-state index contributed by atoms with van der Waals surface area (Å²) in [7, 11) is 0. The Bertz CT molecular complexity index is 723. The molecule has 6 nitrogen and oxygen atoms in total. The number of hydrogen-bond donors (Lipinski definition) is 4. The van der Waals surface area contributed by atoms with E-state index in [9.17, 15) is 30.0 Å². The molecule has 1 aliphatic carbocycles. The lowest BCUT2D eigenvalue weighted by Crippen LogP contribution is -2.21. The Morgan fingerprint density at radius 1 is 0.600 bits per heavy atom. The second-order valence-electron chi connectivity index (χ2n) is 4.43. The Morgan fingerprint density at radius 3 is 1.30 bits per heavy atom. The van der Waals surface area contributed by atoms with Crippen LogP contribution >= 0.6 is 0 Å². The van der Waals surface area contributed by atoms with E-state index < -0.39 is 23.1 Å². The van der Waals surface area contributed by atoms with Gasteiger partial charge in [0.1, 0.15) is 23.0 Å². The number of benzene rings is 2. The van der Waals surface area contributed by atoms with Crippen LogP contribution in [0.25, 0.3) is 0 Å². The molecular weight excluding hydrogens is 264 g/mol. The third-order valence-electron chi connectivity index (χ3n) is 3.15. The van der Waals surface area contributed by atoms with Gasteiger partial charge < -0.3 is 20.4 Å². The summed E-state index contributed by atoms with van der Waals surface area (Å²) in [6.07, 6.45) is 0. The summed E-state index contributed by atoms with van der Waals surface area (Å²) in [5.41, 5.74) is -0.905. The van der Waals surface area contributed by atoms with Gasteiger partial charge in [0.15, 0.2) is 11.6 Å². The van der Waals surface area contributed by atoms with Gasteiger partial charge in [-0.1, -0.05) is 0 Å². The predicted octanol–water partition coefficient (Wildman–Crippen LogP) is 1.28. The summed E-state index contributed by atoms with van der Waals surface area (Å²) >= 11 is 0. The van der Waals surface area contributed by atoms with Crippen LogP contribution in [0.5, 0.6) is 23.0 Å². The molecule has 0 fully saturated rings. The van der Waals surface area contributed by atoms with E-state index in [-0.39, 0.29) is 33.8 Å². The minimum absolute atomic E-state index is 0.194. The largest absolute Gasteiger partial charge is 0.508 e. The third kappa shape index (κ3) is 1.45. The first-order valence-electron chi connectivity index (χ1n) is 5.61. The molecule has 6 heteroatoms. The summed E-state index contributed by atoms with van der Waals surface area (Å²) < 4.78 is 0. The van der Waals surface area contributed by atoms with Crippen molar-refractivity contribution in [2.75, 3.05) is 0 Å². The van der Waals surface area contributed by atoms with Gasteiger partial charge in [0.05, 0.1) is 11.1 Å². The molecule has 2 aromatic rings. The Labute approximate surface area is 112 Å². The molecule has 0 aliphatic heterocycles. The monoisotopic (exact) mass is 272 g/mol. The van der Waals surface area contributed by atoms with Gasteiger partial charge in [-0.05, 0) is 12.1 Å². The van der Waals surface area contributed by atoms with Gasteiger partial charge in [0.2, 0.25) is 0 Å². The van der Waals surface area contributed by atoms with Gasteiger partial charge in [0, 0.05) is 23.3 Å². The highest BCUT2D eigenvalue weighted by atomic mass is 16.3. The summed E-state index contributed by atoms with van der Waals surface area (Å²) in [4.78, 5) is 24.5. The zero-order valence-corrected chi connectivity index (χ0v) is 9.91. The highest BCUT2D eigenvalue weighted by Gasteiger charge is 2.35. The van der Waals surface area contributed by atoms with E-state index >= 15 is 0 Å². The molecule has 3 rings (SSSR count). The van der Waals surface area contributed by atoms with Crippen LogP contribution < -0.4 is 0 Å². The molecule has 0 bridgehead atoms. The van der Waals surface area contributed by atoms with Gasteiger partial charge in [-0.15, -0.1) is 0 Å². The number of phenolic OH excluding ortho intramolecular Hbond substituents is 4. The topological polar surface area (TPSA) is 115 Å². The van der Waals surface area contributed by atoms with Crippen LogP contribution in [0.15, 0.2) is 24.3 Å². The van der Waals surface area contributed by atoms with E-state index in [1.807, 2.05) is 0 Å². The molecule has 0 spiro atoms. The van der Waals surface area contributed by atoms with E-state index in [1.54, 1.807) is 0 Å². The van der Waals surface area contributed by atoms with Crippen molar-refractivity contribution in [3.05, 3.63) is 46.5 Å². The van der Waals surface area contributed by atoms with Gasteiger partial charge >= 0.3 is 0 Å². The third-order valence-corrected chi connectivity index (χ3v) is 3.15. The second-order valence-corrected chi connectivity index (χ2v) is 4.43. The van der Waals surface area contributed by atoms with Crippen LogP contribution in [-0.4, -0.2) is 32.0 Å². The van der Waals surface area contributed by atoms with Crippen LogP contribution in [0.2, 0.25) is 0 Å². The fraction of sp³-hybridized carbons (Fsp3) is 0. The van der Waals surface area contributed by atoms with E-state index in [4.69, 9.17) is 0 Å². The van der Waals surface area contributed by atoms with Crippen molar-refractivity contribution in [2.24, 2.45) is 0 Å². The SMILES string of the molecule is O=C1c2cc(O)cc(O)c2C(=O)c2cc(O)cc(O)c21. The quantitative estimate of drug-likeness (QED) is 0.490. The molecule has 0 radical (unpaired) electrons. The van der Waals surface area contributed by atoms with Crippen LogP contribution in [0, 0.1) is 0 Å². The van der Waals surface area contributed by atoms with Crippen LogP contribution in [-0.2, 0) is 0 Å². The lowest BCUT2D eigenvalue weighted by atomic mass is 9.83. The van der Waals surface area contributed by atoms with Crippen molar-refractivity contribution < 1.29 is 30.0 Å². The van der Waals surface area contributed by atoms with Gasteiger partial charge in [-0.2, -0.15) is 0 Å². The molecule has 0 heterocycles. The maximum absolute atomic E-state index is 12.3. The summed E-state index contributed by atoms with van der Waals surface area (Å²) in [5, 5.41) is 38.3. The smallest absolute Gasteiger partial charge is 0.198 e. The lowest BCUT2D eigenvalue weighted by molar-refractivity contribution is 0.0973. The normalized spacial score (nSPS) is 13.0. The van der Waals surface area contributed by atoms with Crippen LogP contribution in [0.1, 0.15) is 31.8 Å². The predicted molar refractivity (Wildman–Crippen MR) is 66.4 cm³/mol. The van der Waals surface area contributed by atoms with Crippen molar-refractivity contribution in [3.63, 3.8) is 0 Å². The van der Waals surface area contributed by atoms with Gasteiger partial charge in [0.25, 0.3) is 0 Å². The molecule has 20 heavy (non-hydrogen) atoms. The molecule has 0 saturated heterocycles. The molecule has 0 aromatic heterocycles. The maximum Gasteiger partial charge on any atom is 0.198 e. The fourth-order valence-corrected chi connectivity index (χ4v) is 2.33. The summed E-state index contributed by atoms with van der Waals surface area (Å²) in [6.45, 7) is 0. The second kappa shape index (κ2) is 3.74. The fourth-order valence-electron chi connectivity index (χ4n) is 2.33. The van der Waals surface area contributed by atoms with E-state index in [1.165, 1.54) is 0 Å². The highest BCUT2D eigenvalue weighted by Crippen LogP contribution is 2.39.